The van der Waals surface area contributed by atoms with Crippen LogP contribution in [0.1, 0.15) is 6.92 Å². The summed E-state index contributed by atoms with van der Waals surface area (Å²) in [4.78, 5) is 16.1. The molecule has 24 heavy (non-hydrogen) atoms. The average Bonchev–Trinajstić information content (AvgIpc) is 2.96. The number of fused-ring (bicyclic) bond motifs is 1. The molecule has 0 aliphatic carbocycles. The second-order valence-corrected chi connectivity index (χ2v) is 6.54. The van der Waals surface area contributed by atoms with Gasteiger partial charge in [0.25, 0.3) is 11.4 Å². The van der Waals surface area contributed by atoms with Crippen LogP contribution in [0.2, 0.25) is 5.02 Å². The lowest BCUT2D eigenvalue weighted by Crippen LogP contribution is -2.59. The Morgan fingerprint density at radius 2 is 2.17 bits per heavy atom. The van der Waals surface area contributed by atoms with E-state index in [4.69, 9.17) is 16.9 Å². The number of rotatable bonds is 2. The predicted molar refractivity (Wildman–Crippen MR) is 83.5 cm³/mol. The maximum Gasteiger partial charge on any atom is 0.425 e. The SMILES string of the molecule is CC1=C(C#N)C(Nc2nc3ccc(Cl)cc3s2)(C(F)(F)F)C(=O)N1. The molecule has 1 atom stereocenters. The first-order valence-corrected chi connectivity index (χ1v) is 7.72. The Balaban J connectivity index is 2.14. The van der Waals surface area contributed by atoms with Crippen LogP contribution in [-0.4, -0.2) is 22.6 Å². The number of halogens is 4. The van der Waals surface area contributed by atoms with Gasteiger partial charge in [-0.2, -0.15) is 18.4 Å². The van der Waals surface area contributed by atoms with Crippen LogP contribution in [0.4, 0.5) is 18.3 Å². The van der Waals surface area contributed by atoms with Crippen LogP contribution in [-0.2, 0) is 4.79 Å². The number of anilines is 1. The molecule has 0 spiro atoms. The summed E-state index contributed by atoms with van der Waals surface area (Å²) in [5, 5.41) is 13.6. The molecule has 1 aliphatic rings. The molecule has 1 unspecified atom stereocenters. The molecular weight excluding hydrogens is 365 g/mol. The number of carbonyl (C=O) groups is 1. The van der Waals surface area contributed by atoms with Crippen molar-refractivity contribution in [2.24, 2.45) is 0 Å². The van der Waals surface area contributed by atoms with Crippen LogP contribution in [0.3, 0.4) is 0 Å². The Bertz CT molecular complexity index is 930. The first kappa shape index (κ1) is 16.5. The number of hydrogen-bond acceptors (Lipinski definition) is 5. The topological polar surface area (TPSA) is 77.8 Å². The Hall–Kier alpha value is -2.31. The number of amides is 1. The van der Waals surface area contributed by atoms with Gasteiger partial charge in [-0.25, -0.2) is 4.98 Å². The zero-order valence-electron chi connectivity index (χ0n) is 12.0. The zero-order chi connectivity index (χ0) is 17.7. The third-order valence-electron chi connectivity index (χ3n) is 3.57. The number of nitriles is 1. The highest BCUT2D eigenvalue weighted by Gasteiger charge is 2.67. The van der Waals surface area contributed by atoms with Gasteiger partial charge in [0.1, 0.15) is 0 Å². The summed E-state index contributed by atoms with van der Waals surface area (Å²) in [6.45, 7) is 1.24. The zero-order valence-corrected chi connectivity index (χ0v) is 13.5. The second-order valence-electron chi connectivity index (χ2n) is 5.07. The number of carbonyl (C=O) groups excluding carboxylic acids is 1. The molecule has 0 saturated heterocycles. The van der Waals surface area contributed by atoms with Crippen molar-refractivity contribution < 1.29 is 18.0 Å². The second kappa shape index (κ2) is 5.36. The highest BCUT2D eigenvalue weighted by Crippen LogP contribution is 2.44. The van der Waals surface area contributed by atoms with Gasteiger partial charge in [0.15, 0.2) is 5.13 Å². The smallest absolute Gasteiger partial charge is 0.335 e. The van der Waals surface area contributed by atoms with Crippen LogP contribution < -0.4 is 10.6 Å². The number of aromatic nitrogens is 1. The molecule has 3 rings (SSSR count). The van der Waals surface area contributed by atoms with Crippen molar-refractivity contribution in [3.8, 4) is 6.07 Å². The maximum atomic E-state index is 13.7. The fraction of sp³-hybridized carbons (Fsp3) is 0.214. The monoisotopic (exact) mass is 372 g/mol. The molecule has 1 aliphatic heterocycles. The summed E-state index contributed by atoms with van der Waals surface area (Å²) in [5.41, 5.74) is -3.60. The quantitative estimate of drug-likeness (QED) is 0.844. The highest BCUT2D eigenvalue weighted by atomic mass is 35.5. The average molecular weight is 373 g/mol. The molecule has 10 heteroatoms. The van der Waals surface area contributed by atoms with Crippen molar-refractivity contribution >= 4 is 44.2 Å². The van der Waals surface area contributed by atoms with Crippen LogP contribution in [0.15, 0.2) is 29.5 Å². The fourth-order valence-corrected chi connectivity index (χ4v) is 3.66. The lowest BCUT2D eigenvalue weighted by Gasteiger charge is -2.30. The summed E-state index contributed by atoms with van der Waals surface area (Å²) in [7, 11) is 0. The van der Waals surface area contributed by atoms with E-state index in [2.05, 4.69) is 15.6 Å². The lowest BCUT2D eigenvalue weighted by atomic mass is 9.90. The van der Waals surface area contributed by atoms with Crippen molar-refractivity contribution in [3.63, 3.8) is 0 Å². The minimum absolute atomic E-state index is 0.137. The van der Waals surface area contributed by atoms with E-state index >= 15 is 0 Å². The number of alkyl halides is 3. The molecule has 2 N–H and O–H groups in total. The van der Waals surface area contributed by atoms with E-state index in [0.717, 1.165) is 11.3 Å². The molecule has 2 aromatic rings. The third-order valence-corrected chi connectivity index (χ3v) is 4.74. The van der Waals surface area contributed by atoms with Gasteiger partial charge in [0, 0.05) is 10.7 Å². The Labute approximate surface area is 142 Å². The van der Waals surface area contributed by atoms with E-state index in [1.807, 2.05) is 0 Å². The van der Waals surface area contributed by atoms with Crippen LogP contribution in [0.25, 0.3) is 10.2 Å². The summed E-state index contributed by atoms with van der Waals surface area (Å²) < 4.78 is 41.7. The maximum absolute atomic E-state index is 13.7. The van der Waals surface area contributed by atoms with Crippen molar-refractivity contribution in [2.75, 3.05) is 5.32 Å². The van der Waals surface area contributed by atoms with E-state index in [1.165, 1.54) is 13.0 Å². The van der Waals surface area contributed by atoms with E-state index in [0.29, 0.717) is 15.2 Å². The van der Waals surface area contributed by atoms with E-state index < -0.39 is 23.2 Å². The van der Waals surface area contributed by atoms with Gasteiger partial charge >= 0.3 is 6.18 Å². The Kier molecular flexibility index (Phi) is 3.69. The van der Waals surface area contributed by atoms with Gasteiger partial charge < -0.3 is 10.6 Å². The number of allylic oxidation sites excluding steroid dienone is 1. The van der Waals surface area contributed by atoms with Gasteiger partial charge in [0.05, 0.1) is 21.9 Å². The number of hydrogen-bond donors (Lipinski definition) is 2. The molecule has 2 heterocycles. The van der Waals surface area contributed by atoms with Crippen molar-refractivity contribution in [2.45, 2.75) is 18.6 Å². The highest BCUT2D eigenvalue weighted by molar-refractivity contribution is 7.22. The van der Waals surface area contributed by atoms with Crippen molar-refractivity contribution in [1.82, 2.24) is 10.3 Å². The predicted octanol–water partition coefficient (Wildman–Crippen LogP) is 3.59. The van der Waals surface area contributed by atoms with Crippen molar-refractivity contribution in [3.05, 3.63) is 34.5 Å². The fourth-order valence-electron chi connectivity index (χ4n) is 2.46. The number of nitrogens with zero attached hydrogens (tertiary/aromatic N) is 2. The first-order chi connectivity index (χ1) is 11.2. The lowest BCUT2D eigenvalue weighted by molar-refractivity contribution is -0.174. The molecule has 5 nitrogen and oxygen atoms in total. The van der Waals surface area contributed by atoms with Crippen LogP contribution in [0.5, 0.6) is 0 Å². The Morgan fingerprint density at radius 3 is 2.79 bits per heavy atom. The molecular formula is C14H8ClF3N4OS. The van der Waals surface area contributed by atoms with Crippen LogP contribution in [0, 0.1) is 11.3 Å². The van der Waals surface area contributed by atoms with E-state index in [9.17, 15) is 18.0 Å². The normalized spacial score (nSPS) is 21.1. The van der Waals surface area contributed by atoms with Crippen molar-refractivity contribution in [1.29, 1.82) is 5.26 Å². The number of thiazole rings is 1. The molecule has 1 amide bonds. The molecule has 1 aromatic carbocycles. The minimum atomic E-state index is -5.03. The molecule has 1 aromatic heterocycles. The van der Waals surface area contributed by atoms with Gasteiger partial charge in [-0.15, -0.1) is 0 Å². The minimum Gasteiger partial charge on any atom is -0.335 e. The summed E-state index contributed by atoms with van der Waals surface area (Å²) in [5.74, 6) is -1.36. The molecule has 0 radical (unpaired) electrons. The summed E-state index contributed by atoms with van der Waals surface area (Å²) >= 11 is 6.76. The molecule has 0 saturated carbocycles. The first-order valence-electron chi connectivity index (χ1n) is 6.53. The van der Waals surface area contributed by atoms with Crippen LogP contribution >= 0.6 is 22.9 Å². The Morgan fingerprint density at radius 1 is 1.46 bits per heavy atom. The standard InChI is InChI=1S/C14H8ClF3N4OS/c1-6-8(5-19)13(11(23)20-6,14(16,17)18)22-12-21-9-3-2-7(15)4-10(9)24-12/h2-4H,1H3,(H,20,23)(H,21,22). The molecule has 0 fully saturated rings. The third kappa shape index (κ3) is 2.30. The summed E-state index contributed by atoms with van der Waals surface area (Å²) in [6.07, 6.45) is -5.03. The molecule has 124 valence electrons. The largest absolute Gasteiger partial charge is 0.425 e. The van der Waals surface area contributed by atoms with Gasteiger partial charge in [-0.1, -0.05) is 22.9 Å². The van der Waals surface area contributed by atoms with Gasteiger partial charge in [-0.3, -0.25) is 4.79 Å². The van der Waals surface area contributed by atoms with E-state index in [1.54, 1.807) is 18.2 Å². The molecule has 0 bridgehead atoms. The number of benzene rings is 1. The van der Waals surface area contributed by atoms with Gasteiger partial charge in [-0.05, 0) is 25.1 Å². The number of nitrogens with one attached hydrogen (secondary N) is 2. The summed E-state index contributed by atoms with van der Waals surface area (Å²) in [6, 6.07) is 6.14. The van der Waals surface area contributed by atoms with Gasteiger partial charge in [0.2, 0.25) is 0 Å². The van der Waals surface area contributed by atoms with E-state index in [-0.39, 0.29) is 10.8 Å².